The Hall–Kier alpha value is -1.58. The third-order valence-corrected chi connectivity index (χ3v) is 4.21. The minimum absolute atomic E-state index is 0.282. The van der Waals surface area contributed by atoms with E-state index in [9.17, 15) is 0 Å². The fraction of sp³-hybridized carbons (Fsp3) is 0.250. The van der Waals surface area contributed by atoms with Crippen LogP contribution in [0, 0.1) is 11.3 Å². The summed E-state index contributed by atoms with van der Waals surface area (Å²) in [6.07, 6.45) is 0. The molecule has 0 radical (unpaired) electrons. The van der Waals surface area contributed by atoms with Crippen LogP contribution in [0.25, 0.3) is 0 Å². The zero-order valence-corrected chi connectivity index (χ0v) is 11.6. The van der Waals surface area contributed by atoms with Gasteiger partial charge in [-0.1, -0.05) is 13.8 Å². The van der Waals surface area contributed by atoms with E-state index in [1.54, 1.807) is 23.5 Å². The van der Waals surface area contributed by atoms with Gasteiger partial charge in [0, 0.05) is 16.3 Å². The number of aromatic nitrogens is 2. The van der Waals surface area contributed by atoms with Gasteiger partial charge in [-0.2, -0.15) is 5.26 Å². The average Bonchev–Trinajstić information content (AvgIpc) is 2.86. The summed E-state index contributed by atoms with van der Waals surface area (Å²) in [7, 11) is 0. The summed E-state index contributed by atoms with van der Waals surface area (Å²) < 4.78 is 5.42. The molecule has 0 atom stereocenters. The van der Waals surface area contributed by atoms with Gasteiger partial charge in [-0.25, -0.2) is 0 Å². The molecule has 0 unspecified atom stereocenters. The molecule has 0 aliphatic heterocycles. The fourth-order valence-electron chi connectivity index (χ4n) is 1.20. The van der Waals surface area contributed by atoms with Crippen LogP contribution in [0.4, 0.5) is 0 Å². The van der Waals surface area contributed by atoms with Crippen LogP contribution in [-0.4, -0.2) is 10.2 Å². The van der Waals surface area contributed by atoms with Crippen molar-refractivity contribution in [1.29, 1.82) is 5.26 Å². The molecule has 0 saturated carbocycles. The van der Waals surface area contributed by atoms with E-state index in [-0.39, 0.29) is 5.69 Å². The number of hydrogen-bond acceptors (Lipinski definition) is 6. The quantitative estimate of drug-likeness (QED) is 0.799. The monoisotopic (exact) mass is 277 g/mol. The molecular formula is C12H11N3OS2. The standard InChI is InChI=1S/C12H11N3OS2/c1-8(2)11-5-10(7-17-11)18-16-12-4-3-9(6-13)14-15-12/h3-5,7-8H,1-2H3. The first-order valence-corrected chi connectivity index (χ1v) is 6.98. The lowest BCUT2D eigenvalue weighted by Gasteiger charge is -2.00. The van der Waals surface area contributed by atoms with Crippen LogP contribution in [0.2, 0.25) is 0 Å². The van der Waals surface area contributed by atoms with Crippen molar-refractivity contribution < 1.29 is 4.18 Å². The second-order valence-electron chi connectivity index (χ2n) is 3.87. The SMILES string of the molecule is CC(C)c1cc(SOc2ccc(C#N)nn2)cs1. The predicted octanol–water partition coefficient (Wildman–Crippen LogP) is 3.62. The van der Waals surface area contributed by atoms with Crippen LogP contribution in [0.1, 0.15) is 30.3 Å². The molecule has 92 valence electrons. The summed E-state index contributed by atoms with van der Waals surface area (Å²) in [6, 6.07) is 7.23. The molecule has 0 saturated heterocycles. The van der Waals surface area contributed by atoms with Gasteiger partial charge in [0.15, 0.2) is 5.69 Å². The van der Waals surface area contributed by atoms with Crippen molar-refractivity contribution in [1.82, 2.24) is 10.2 Å². The Morgan fingerprint density at radius 2 is 2.22 bits per heavy atom. The van der Waals surface area contributed by atoms with E-state index in [1.165, 1.54) is 16.9 Å². The summed E-state index contributed by atoms with van der Waals surface area (Å²) in [5.41, 5.74) is 0.282. The molecule has 2 rings (SSSR count). The predicted molar refractivity (Wildman–Crippen MR) is 71.6 cm³/mol. The highest BCUT2D eigenvalue weighted by Crippen LogP contribution is 2.30. The molecule has 0 aromatic carbocycles. The third-order valence-electron chi connectivity index (χ3n) is 2.14. The molecule has 0 fully saturated rings. The van der Waals surface area contributed by atoms with Crippen molar-refractivity contribution in [2.45, 2.75) is 24.7 Å². The van der Waals surface area contributed by atoms with Gasteiger partial charge in [0.2, 0.25) is 5.88 Å². The van der Waals surface area contributed by atoms with Crippen molar-refractivity contribution in [2.24, 2.45) is 0 Å². The van der Waals surface area contributed by atoms with Crippen molar-refractivity contribution in [3.63, 3.8) is 0 Å². The molecule has 2 aromatic heterocycles. The normalized spacial score (nSPS) is 10.3. The highest BCUT2D eigenvalue weighted by atomic mass is 32.2. The molecule has 0 spiro atoms. The summed E-state index contributed by atoms with van der Waals surface area (Å²) in [5, 5.41) is 18.1. The minimum Gasteiger partial charge on any atom is -0.399 e. The Labute approximate surface area is 114 Å². The minimum atomic E-state index is 0.282. The lowest BCUT2D eigenvalue weighted by molar-refractivity contribution is 0.600. The lowest BCUT2D eigenvalue weighted by Crippen LogP contribution is -1.90. The molecule has 2 aromatic rings. The Balaban J connectivity index is 1.96. The van der Waals surface area contributed by atoms with Crippen LogP contribution < -0.4 is 4.18 Å². The molecule has 4 nitrogen and oxygen atoms in total. The van der Waals surface area contributed by atoms with Crippen LogP contribution >= 0.6 is 23.4 Å². The Bertz CT molecular complexity index is 557. The highest BCUT2D eigenvalue weighted by molar-refractivity contribution is 7.95. The first-order chi connectivity index (χ1) is 8.69. The maximum atomic E-state index is 8.59. The largest absolute Gasteiger partial charge is 0.399 e. The van der Waals surface area contributed by atoms with E-state index in [0.717, 1.165) is 4.90 Å². The molecule has 0 aliphatic rings. The maximum absolute atomic E-state index is 8.59. The van der Waals surface area contributed by atoms with Crippen molar-refractivity contribution in [2.75, 3.05) is 0 Å². The first kappa shape index (κ1) is 12.9. The zero-order valence-electron chi connectivity index (χ0n) is 9.95. The molecule has 0 amide bonds. The Morgan fingerprint density at radius 3 is 2.78 bits per heavy atom. The molecule has 0 N–H and O–H groups in total. The first-order valence-electron chi connectivity index (χ1n) is 5.36. The van der Waals surface area contributed by atoms with Gasteiger partial charge in [-0.15, -0.1) is 21.5 Å². The van der Waals surface area contributed by atoms with Gasteiger partial charge in [-0.3, -0.25) is 0 Å². The average molecular weight is 277 g/mol. The number of nitrogens with zero attached hydrogens (tertiary/aromatic N) is 3. The number of thiophene rings is 1. The molecular weight excluding hydrogens is 266 g/mol. The zero-order chi connectivity index (χ0) is 13.0. The van der Waals surface area contributed by atoms with E-state index < -0.39 is 0 Å². The van der Waals surface area contributed by atoms with E-state index in [1.807, 2.05) is 6.07 Å². The lowest BCUT2D eigenvalue weighted by atomic mass is 10.2. The van der Waals surface area contributed by atoms with Crippen molar-refractivity contribution >= 4 is 23.4 Å². The van der Waals surface area contributed by atoms with E-state index >= 15 is 0 Å². The summed E-state index contributed by atoms with van der Waals surface area (Å²) in [5.74, 6) is 0.926. The van der Waals surface area contributed by atoms with Gasteiger partial charge < -0.3 is 4.18 Å². The van der Waals surface area contributed by atoms with E-state index in [0.29, 0.717) is 11.8 Å². The number of nitriles is 1. The van der Waals surface area contributed by atoms with Gasteiger partial charge in [0.05, 0.1) is 16.9 Å². The molecule has 6 heteroatoms. The maximum Gasteiger partial charge on any atom is 0.247 e. The van der Waals surface area contributed by atoms with Crippen LogP contribution in [0.3, 0.4) is 0 Å². The Morgan fingerprint density at radius 1 is 1.39 bits per heavy atom. The van der Waals surface area contributed by atoms with Gasteiger partial charge in [-0.05, 0) is 18.1 Å². The van der Waals surface area contributed by atoms with Gasteiger partial charge >= 0.3 is 0 Å². The number of hydrogen-bond donors (Lipinski definition) is 0. The van der Waals surface area contributed by atoms with E-state index in [4.69, 9.17) is 9.44 Å². The topological polar surface area (TPSA) is 58.8 Å². The summed E-state index contributed by atoms with van der Waals surface area (Å²) >= 11 is 2.97. The molecule has 2 heterocycles. The smallest absolute Gasteiger partial charge is 0.247 e. The highest BCUT2D eigenvalue weighted by Gasteiger charge is 2.06. The third kappa shape index (κ3) is 3.22. The summed E-state index contributed by atoms with van der Waals surface area (Å²) in [6.45, 7) is 4.32. The van der Waals surface area contributed by atoms with E-state index in [2.05, 4.69) is 35.5 Å². The molecule has 0 aliphatic carbocycles. The fourth-order valence-corrected chi connectivity index (χ4v) is 2.80. The van der Waals surface area contributed by atoms with Gasteiger partial charge in [0.25, 0.3) is 0 Å². The second kappa shape index (κ2) is 5.85. The number of rotatable bonds is 4. The van der Waals surface area contributed by atoms with Gasteiger partial charge in [0.1, 0.15) is 6.07 Å². The summed E-state index contributed by atoms with van der Waals surface area (Å²) in [4.78, 5) is 2.38. The Kier molecular flexibility index (Phi) is 4.18. The molecule has 18 heavy (non-hydrogen) atoms. The van der Waals surface area contributed by atoms with Crippen molar-refractivity contribution in [3.05, 3.63) is 34.2 Å². The van der Waals surface area contributed by atoms with Crippen molar-refractivity contribution in [3.8, 4) is 11.9 Å². The van der Waals surface area contributed by atoms with Crippen LogP contribution in [0.15, 0.2) is 28.5 Å². The van der Waals surface area contributed by atoms with Crippen LogP contribution in [-0.2, 0) is 0 Å². The second-order valence-corrected chi connectivity index (χ2v) is 5.62. The molecule has 0 bridgehead atoms. The van der Waals surface area contributed by atoms with Crippen LogP contribution in [0.5, 0.6) is 5.88 Å².